The molecule has 0 heterocycles. The highest BCUT2D eigenvalue weighted by molar-refractivity contribution is 6.30. The summed E-state index contributed by atoms with van der Waals surface area (Å²) in [5.74, 6) is 0.754. The van der Waals surface area contributed by atoms with Crippen molar-refractivity contribution < 1.29 is 19.1 Å². The number of nitrogens with zero attached hydrogens (tertiary/aromatic N) is 1. The Morgan fingerprint density at radius 2 is 1.69 bits per heavy atom. The molecule has 3 rings (SSSR count). The number of halogens is 1. The van der Waals surface area contributed by atoms with Gasteiger partial charge in [0.15, 0.2) is 0 Å². The minimum atomic E-state index is -0.685. The van der Waals surface area contributed by atoms with Gasteiger partial charge in [-0.1, -0.05) is 24.4 Å². The van der Waals surface area contributed by atoms with Crippen LogP contribution in [0.5, 0.6) is 11.5 Å². The quantitative estimate of drug-likeness (QED) is 0.612. The molecule has 2 amide bonds. The first-order valence-corrected chi connectivity index (χ1v) is 11.0. The number of nitriles is 1. The van der Waals surface area contributed by atoms with Crippen molar-refractivity contribution in [3.05, 3.63) is 59.1 Å². The summed E-state index contributed by atoms with van der Waals surface area (Å²) in [6, 6.07) is 14.3. The Morgan fingerprint density at radius 1 is 1.06 bits per heavy atom. The van der Waals surface area contributed by atoms with Gasteiger partial charge in [-0.25, -0.2) is 4.79 Å². The van der Waals surface area contributed by atoms with E-state index in [-0.39, 0.29) is 24.5 Å². The third-order valence-electron chi connectivity index (χ3n) is 5.32. The van der Waals surface area contributed by atoms with Crippen molar-refractivity contribution in [3.8, 4) is 17.6 Å². The van der Waals surface area contributed by atoms with Crippen molar-refractivity contribution in [3.63, 3.8) is 0 Å². The van der Waals surface area contributed by atoms with Gasteiger partial charge in [0.25, 0.3) is 0 Å². The monoisotopic (exact) mass is 455 g/mol. The summed E-state index contributed by atoms with van der Waals surface area (Å²) >= 11 is 5.85. The Bertz CT molecular complexity index is 951. The lowest BCUT2D eigenvalue weighted by Gasteiger charge is -2.25. The number of benzene rings is 2. The summed E-state index contributed by atoms with van der Waals surface area (Å²) in [7, 11) is 0. The molecule has 0 radical (unpaired) electrons. The fourth-order valence-corrected chi connectivity index (χ4v) is 3.80. The second-order valence-corrected chi connectivity index (χ2v) is 8.30. The predicted octanol–water partition coefficient (Wildman–Crippen LogP) is 4.44. The summed E-state index contributed by atoms with van der Waals surface area (Å²) in [5.41, 5.74) is 0.551. The minimum Gasteiger partial charge on any atom is -0.491 e. The lowest BCUT2D eigenvalue weighted by molar-refractivity contribution is -0.125. The molecule has 1 aliphatic carbocycles. The largest absolute Gasteiger partial charge is 0.491 e. The minimum absolute atomic E-state index is 0.0550. The van der Waals surface area contributed by atoms with Crippen molar-refractivity contribution in [1.29, 1.82) is 5.26 Å². The van der Waals surface area contributed by atoms with E-state index in [0.717, 1.165) is 25.7 Å². The van der Waals surface area contributed by atoms with Gasteiger partial charge in [-0.3, -0.25) is 4.79 Å². The van der Waals surface area contributed by atoms with E-state index >= 15 is 0 Å². The van der Waals surface area contributed by atoms with Crippen LogP contribution < -0.4 is 20.1 Å². The maximum Gasteiger partial charge on any atom is 0.413 e. The molecule has 1 fully saturated rings. The number of nitrogens with one attached hydrogen (secondary N) is 2. The number of hydrogen-bond acceptors (Lipinski definition) is 5. The average molecular weight is 456 g/mol. The van der Waals surface area contributed by atoms with Crippen LogP contribution in [0.15, 0.2) is 48.5 Å². The highest BCUT2D eigenvalue weighted by Gasteiger charge is 2.33. The van der Waals surface area contributed by atoms with Crippen molar-refractivity contribution in [2.24, 2.45) is 5.92 Å². The van der Waals surface area contributed by atoms with E-state index in [1.165, 1.54) is 0 Å². The first-order valence-electron chi connectivity index (χ1n) is 10.6. The highest BCUT2D eigenvalue weighted by Crippen LogP contribution is 2.28. The van der Waals surface area contributed by atoms with Crippen LogP contribution in [0.1, 0.15) is 38.2 Å². The lowest BCUT2D eigenvalue weighted by Crippen LogP contribution is -2.53. The van der Waals surface area contributed by atoms with E-state index in [4.69, 9.17) is 26.3 Å². The molecule has 1 saturated carbocycles. The van der Waals surface area contributed by atoms with Gasteiger partial charge in [-0.15, -0.1) is 0 Å². The number of carbonyl (C=O) groups excluding carboxylic acids is 2. The van der Waals surface area contributed by atoms with E-state index in [9.17, 15) is 9.59 Å². The van der Waals surface area contributed by atoms with Crippen LogP contribution in [0.3, 0.4) is 0 Å². The van der Waals surface area contributed by atoms with E-state index in [1.807, 2.05) is 6.92 Å². The van der Waals surface area contributed by atoms with Gasteiger partial charge in [0.05, 0.1) is 17.7 Å². The second-order valence-electron chi connectivity index (χ2n) is 7.87. The van der Waals surface area contributed by atoms with Gasteiger partial charge in [-0.2, -0.15) is 5.26 Å². The molecule has 1 aliphatic rings. The Kier molecular flexibility index (Phi) is 8.34. The van der Waals surface area contributed by atoms with Gasteiger partial charge < -0.3 is 20.1 Å². The standard InChI is InChI=1S/C24H26ClN3O4/c1-16(15-31-20-10-6-17(14-26)7-11-20)27-23(29)22(18-4-2-3-5-18)28-24(30)32-21-12-8-19(25)9-13-21/h6-13,16,18,22H,2-5,15H2,1H3,(H,27,29)(H,28,30). The molecule has 8 heteroatoms. The predicted molar refractivity (Wildman–Crippen MR) is 121 cm³/mol. The number of amides is 2. The van der Waals surface area contributed by atoms with Crippen LogP contribution in [0, 0.1) is 17.2 Å². The van der Waals surface area contributed by atoms with E-state index < -0.39 is 12.1 Å². The molecule has 2 aromatic carbocycles. The Morgan fingerprint density at radius 3 is 2.31 bits per heavy atom. The first-order chi connectivity index (χ1) is 15.4. The molecule has 0 bridgehead atoms. The van der Waals surface area contributed by atoms with Crippen LogP contribution in [-0.2, 0) is 4.79 Å². The van der Waals surface area contributed by atoms with Crippen LogP contribution in [-0.4, -0.2) is 30.7 Å². The molecule has 0 saturated heterocycles. The van der Waals surface area contributed by atoms with Crippen molar-refractivity contribution in [1.82, 2.24) is 10.6 Å². The molecule has 2 aromatic rings. The van der Waals surface area contributed by atoms with E-state index in [2.05, 4.69) is 16.7 Å². The zero-order chi connectivity index (χ0) is 22.9. The number of ether oxygens (including phenoxy) is 2. The SMILES string of the molecule is CC(COc1ccc(C#N)cc1)NC(=O)C(NC(=O)Oc1ccc(Cl)cc1)C1CCCC1. The number of hydrogen-bond donors (Lipinski definition) is 2. The zero-order valence-corrected chi connectivity index (χ0v) is 18.6. The summed E-state index contributed by atoms with van der Waals surface area (Å²) < 4.78 is 11.0. The molecule has 7 nitrogen and oxygen atoms in total. The second kappa shape index (κ2) is 11.4. The third-order valence-corrected chi connectivity index (χ3v) is 5.58. The molecule has 2 unspecified atom stereocenters. The zero-order valence-electron chi connectivity index (χ0n) is 17.8. The average Bonchev–Trinajstić information content (AvgIpc) is 3.32. The van der Waals surface area contributed by atoms with E-state index in [0.29, 0.717) is 22.1 Å². The maximum absolute atomic E-state index is 13.0. The molecule has 0 aliphatic heterocycles. The molecule has 0 aromatic heterocycles. The maximum atomic E-state index is 13.0. The summed E-state index contributed by atoms with van der Waals surface area (Å²) in [6.45, 7) is 2.09. The molecule has 168 valence electrons. The summed E-state index contributed by atoms with van der Waals surface area (Å²) in [5, 5.41) is 15.1. The van der Waals surface area contributed by atoms with E-state index in [1.54, 1.807) is 48.5 Å². The summed E-state index contributed by atoms with van der Waals surface area (Å²) in [4.78, 5) is 25.4. The Balaban J connectivity index is 1.55. The Hall–Kier alpha value is -3.24. The fraction of sp³-hybridized carbons (Fsp3) is 0.375. The van der Waals surface area contributed by atoms with Gasteiger partial charge in [-0.05, 0) is 74.2 Å². The van der Waals surface area contributed by atoms with Crippen LogP contribution in [0.2, 0.25) is 5.02 Å². The van der Waals surface area contributed by atoms with Gasteiger partial charge >= 0.3 is 6.09 Å². The van der Waals surface area contributed by atoms with Gasteiger partial charge in [0.2, 0.25) is 5.91 Å². The third kappa shape index (κ3) is 6.89. The molecular formula is C24H26ClN3O4. The van der Waals surface area contributed by atoms with Crippen molar-refractivity contribution in [2.45, 2.75) is 44.7 Å². The van der Waals surface area contributed by atoms with Crippen molar-refractivity contribution in [2.75, 3.05) is 6.61 Å². The summed E-state index contributed by atoms with van der Waals surface area (Å²) in [6.07, 6.45) is 3.12. The van der Waals surface area contributed by atoms with Crippen LogP contribution in [0.25, 0.3) is 0 Å². The molecule has 2 N–H and O–H groups in total. The fourth-order valence-electron chi connectivity index (χ4n) is 3.68. The highest BCUT2D eigenvalue weighted by atomic mass is 35.5. The van der Waals surface area contributed by atoms with Gasteiger partial charge in [0.1, 0.15) is 24.1 Å². The van der Waals surface area contributed by atoms with Crippen LogP contribution >= 0.6 is 11.6 Å². The molecule has 0 spiro atoms. The van der Waals surface area contributed by atoms with Gasteiger partial charge in [0, 0.05) is 5.02 Å². The normalized spacial score (nSPS) is 15.3. The molecular weight excluding hydrogens is 430 g/mol. The Labute approximate surface area is 192 Å². The first kappa shape index (κ1) is 23.4. The lowest BCUT2D eigenvalue weighted by atomic mass is 9.97. The molecule has 2 atom stereocenters. The topological polar surface area (TPSA) is 100 Å². The smallest absolute Gasteiger partial charge is 0.413 e. The number of carbonyl (C=O) groups is 2. The molecule has 32 heavy (non-hydrogen) atoms. The van der Waals surface area contributed by atoms with Crippen molar-refractivity contribution >= 4 is 23.6 Å². The number of rotatable bonds is 8. The van der Waals surface area contributed by atoms with Crippen LogP contribution in [0.4, 0.5) is 4.79 Å².